The molecule has 0 aliphatic rings. The van der Waals surface area contributed by atoms with Crippen molar-refractivity contribution >= 4 is 5.69 Å². The van der Waals surface area contributed by atoms with Crippen molar-refractivity contribution in [2.24, 2.45) is 5.73 Å². The summed E-state index contributed by atoms with van der Waals surface area (Å²) < 4.78 is 12.4. The van der Waals surface area contributed by atoms with Gasteiger partial charge in [-0.05, 0) is 31.2 Å². The SMILES string of the molecule is Cc1ccccc1.NCCNc1ccc(F)cc1. The second-order valence-electron chi connectivity index (χ2n) is 3.88. The van der Waals surface area contributed by atoms with Gasteiger partial charge < -0.3 is 11.1 Å². The molecule has 2 nitrogen and oxygen atoms in total. The van der Waals surface area contributed by atoms with E-state index in [2.05, 4.69) is 24.4 Å². The Morgan fingerprint density at radius 2 is 1.61 bits per heavy atom. The van der Waals surface area contributed by atoms with Crippen LogP contribution >= 0.6 is 0 Å². The number of benzene rings is 2. The minimum absolute atomic E-state index is 0.219. The number of aryl methyl sites for hydroxylation is 1. The van der Waals surface area contributed by atoms with Gasteiger partial charge in [-0.15, -0.1) is 0 Å². The van der Waals surface area contributed by atoms with Crippen molar-refractivity contribution in [1.29, 1.82) is 0 Å². The van der Waals surface area contributed by atoms with Crippen molar-refractivity contribution in [2.75, 3.05) is 18.4 Å². The second kappa shape index (κ2) is 8.25. The summed E-state index contributed by atoms with van der Waals surface area (Å²) in [4.78, 5) is 0. The zero-order valence-electron chi connectivity index (χ0n) is 10.6. The molecule has 0 heterocycles. The average molecular weight is 246 g/mol. The number of nitrogens with one attached hydrogen (secondary N) is 1. The van der Waals surface area contributed by atoms with E-state index < -0.39 is 0 Å². The molecular formula is C15H19FN2. The van der Waals surface area contributed by atoms with Crippen LogP contribution in [0.3, 0.4) is 0 Å². The molecule has 0 radical (unpaired) electrons. The van der Waals surface area contributed by atoms with E-state index in [4.69, 9.17) is 5.73 Å². The first-order valence-corrected chi connectivity index (χ1v) is 5.93. The highest BCUT2D eigenvalue weighted by Gasteiger charge is 1.90. The number of anilines is 1. The van der Waals surface area contributed by atoms with Gasteiger partial charge in [0.2, 0.25) is 0 Å². The summed E-state index contributed by atoms with van der Waals surface area (Å²) >= 11 is 0. The molecule has 0 atom stereocenters. The van der Waals surface area contributed by atoms with Gasteiger partial charge in [0.15, 0.2) is 0 Å². The van der Waals surface area contributed by atoms with Gasteiger partial charge in [0.25, 0.3) is 0 Å². The van der Waals surface area contributed by atoms with E-state index in [1.165, 1.54) is 17.7 Å². The molecule has 0 aromatic heterocycles. The van der Waals surface area contributed by atoms with Gasteiger partial charge in [-0.25, -0.2) is 4.39 Å². The third-order valence-corrected chi connectivity index (χ3v) is 2.26. The summed E-state index contributed by atoms with van der Waals surface area (Å²) in [6, 6.07) is 16.5. The molecule has 0 amide bonds. The Morgan fingerprint density at radius 3 is 2.06 bits per heavy atom. The summed E-state index contributed by atoms with van der Waals surface area (Å²) in [6.07, 6.45) is 0. The van der Waals surface area contributed by atoms with E-state index in [1.54, 1.807) is 12.1 Å². The van der Waals surface area contributed by atoms with Crippen molar-refractivity contribution < 1.29 is 4.39 Å². The third kappa shape index (κ3) is 6.01. The molecule has 3 N–H and O–H groups in total. The van der Waals surface area contributed by atoms with E-state index >= 15 is 0 Å². The summed E-state index contributed by atoms with van der Waals surface area (Å²) in [6.45, 7) is 3.38. The quantitative estimate of drug-likeness (QED) is 0.872. The first-order chi connectivity index (χ1) is 8.72. The molecule has 3 heteroatoms. The van der Waals surface area contributed by atoms with Crippen LogP contribution in [0.1, 0.15) is 5.56 Å². The Morgan fingerprint density at radius 1 is 1.00 bits per heavy atom. The van der Waals surface area contributed by atoms with E-state index in [0.717, 1.165) is 5.69 Å². The topological polar surface area (TPSA) is 38.0 Å². The van der Waals surface area contributed by atoms with E-state index in [1.807, 2.05) is 18.2 Å². The van der Waals surface area contributed by atoms with E-state index in [-0.39, 0.29) is 5.82 Å². The molecular weight excluding hydrogens is 227 g/mol. The first-order valence-electron chi connectivity index (χ1n) is 5.93. The summed E-state index contributed by atoms with van der Waals surface area (Å²) in [5.41, 5.74) is 7.49. The van der Waals surface area contributed by atoms with Gasteiger partial charge in [0.1, 0.15) is 5.82 Å². The van der Waals surface area contributed by atoms with Crippen LogP contribution < -0.4 is 11.1 Å². The largest absolute Gasteiger partial charge is 0.384 e. The summed E-state index contributed by atoms with van der Waals surface area (Å²) in [5, 5.41) is 3.03. The number of hydrogen-bond acceptors (Lipinski definition) is 2. The standard InChI is InChI=1S/C8H11FN2.C7H8/c9-7-1-3-8(4-2-7)11-6-5-10;1-7-5-3-2-4-6-7/h1-4,11H,5-6,10H2;2-6H,1H3. The molecule has 0 saturated heterocycles. The predicted octanol–water partition coefficient (Wildman–Crippen LogP) is 3.19. The van der Waals surface area contributed by atoms with Gasteiger partial charge >= 0.3 is 0 Å². The third-order valence-electron chi connectivity index (χ3n) is 2.26. The van der Waals surface area contributed by atoms with Gasteiger partial charge in [0, 0.05) is 18.8 Å². The molecule has 0 aliphatic heterocycles. The molecule has 0 aliphatic carbocycles. The van der Waals surface area contributed by atoms with Crippen molar-refractivity contribution in [2.45, 2.75) is 6.92 Å². The fourth-order valence-electron chi connectivity index (χ4n) is 1.32. The molecule has 2 rings (SSSR count). The minimum atomic E-state index is -0.219. The Balaban J connectivity index is 0.000000199. The van der Waals surface area contributed by atoms with Crippen LogP contribution in [0.15, 0.2) is 54.6 Å². The fourth-order valence-corrected chi connectivity index (χ4v) is 1.32. The molecule has 0 saturated carbocycles. The molecule has 0 unspecified atom stereocenters. The highest BCUT2D eigenvalue weighted by molar-refractivity contribution is 5.42. The van der Waals surface area contributed by atoms with Gasteiger partial charge in [0.05, 0.1) is 0 Å². The lowest BCUT2D eigenvalue weighted by Gasteiger charge is -2.02. The van der Waals surface area contributed by atoms with Crippen molar-refractivity contribution in [3.05, 3.63) is 66.0 Å². The highest BCUT2D eigenvalue weighted by Crippen LogP contribution is 2.06. The van der Waals surface area contributed by atoms with Crippen LogP contribution in [0.2, 0.25) is 0 Å². The molecule has 0 bridgehead atoms. The number of hydrogen-bond donors (Lipinski definition) is 2. The number of nitrogens with two attached hydrogens (primary N) is 1. The van der Waals surface area contributed by atoms with Crippen LogP contribution in [0, 0.1) is 12.7 Å². The molecule has 2 aromatic rings. The van der Waals surface area contributed by atoms with Gasteiger partial charge in [-0.1, -0.05) is 35.9 Å². The normalized spacial score (nSPS) is 9.28. The molecule has 18 heavy (non-hydrogen) atoms. The van der Waals surface area contributed by atoms with E-state index in [9.17, 15) is 4.39 Å². The van der Waals surface area contributed by atoms with Crippen LogP contribution in [0.5, 0.6) is 0 Å². The predicted molar refractivity (Wildman–Crippen MR) is 75.1 cm³/mol. The van der Waals surface area contributed by atoms with Crippen molar-refractivity contribution in [1.82, 2.24) is 0 Å². The lowest BCUT2D eigenvalue weighted by atomic mass is 10.2. The summed E-state index contributed by atoms with van der Waals surface area (Å²) in [5.74, 6) is -0.219. The zero-order chi connectivity index (χ0) is 13.2. The molecule has 2 aromatic carbocycles. The number of rotatable bonds is 3. The van der Waals surface area contributed by atoms with Crippen molar-refractivity contribution in [3.63, 3.8) is 0 Å². The first kappa shape index (κ1) is 14.2. The van der Waals surface area contributed by atoms with Crippen molar-refractivity contribution in [3.8, 4) is 0 Å². The smallest absolute Gasteiger partial charge is 0.123 e. The lowest BCUT2D eigenvalue weighted by Crippen LogP contribution is -2.12. The monoisotopic (exact) mass is 246 g/mol. The minimum Gasteiger partial charge on any atom is -0.384 e. The zero-order valence-corrected chi connectivity index (χ0v) is 10.6. The number of halogens is 1. The maximum atomic E-state index is 12.4. The second-order valence-corrected chi connectivity index (χ2v) is 3.88. The van der Waals surface area contributed by atoms with Crippen LogP contribution in [0.4, 0.5) is 10.1 Å². The lowest BCUT2D eigenvalue weighted by molar-refractivity contribution is 0.628. The molecule has 0 fully saturated rings. The average Bonchev–Trinajstić information content (AvgIpc) is 2.40. The Kier molecular flexibility index (Phi) is 6.51. The van der Waals surface area contributed by atoms with Crippen LogP contribution in [-0.4, -0.2) is 13.1 Å². The molecule has 0 spiro atoms. The molecule has 96 valence electrons. The maximum Gasteiger partial charge on any atom is 0.123 e. The Bertz CT molecular complexity index is 426. The highest BCUT2D eigenvalue weighted by atomic mass is 19.1. The van der Waals surface area contributed by atoms with Gasteiger partial charge in [-0.3, -0.25) is 0 Å². The Hall–Kier alpha value is -1.87. The van der Waals surface area contributed by atoms with Crippen LogP contribution in [0.25, 0.3) is 0 Å². The maximum absolute atomic E-state index is 12.4. The summed E-state index contributed by atoms with van der Waals surface area (Å²) in [7, 11) is 0. The van der Waals surface area contributed by atoms with E-state index in [0.29, 0.717) is 13.1 Å². The fraction of sp³-hybridized carbons (Fsp3) is 0.200. The van der Waals surface area contributed by atoms with Crippen LogP contribution in [-0.2, 0) is 0 Å². The van der Waals surface area contributed by atoms with Gasteiger partial charge in [-0.2, -0.15) is 0 Å². The Labute approximate surface area is 108 Å².